The second-order valence-electron chi connectivity index (χ2n) is 9.15. The van der Waals surface area contributed by atoms with Gasteiger partial charge in [-0.25, -0.2) is 4.79 Å². The van der Waals surface area contributed by atoms with Crippen LogP contribution in [0.2, 0.25) is 0 Å². The lowest BCUT2D eigenvalue weighted by Crippen LogP contribution is -2.54. The van der Waals surface area contributed by atoms with Gasteiger partial charge in [0.05, 0.1) is 17.9 Å². The fraction of sp³-hybridized carbons (Fsp3) is 0.773. The van der Waals surface area contributed by atoms with Gasteiger partial charge in [-0.3, -0.25) is 9.59 Å². The summed E-state index contributed by atoms with van der Waals surface area (Å²) < 4.78 is 22.4. The molecule has 0 radical (unpaired) electrons. The molecule has 0 bridgehead atoms. The Balaban J connectivity index is 2.08. The molecule has 174 valence electrons. The lowest BCUT2D eigenvalue weighted by molar-refractivity contribution is -0.184. The minimum absolute atomic E-state index is 0.0253. The number of hydrogen-bond acceptors (Lipinski definition) is 9. The van der Waals surface area contributed by atoms with Crippen LogP contribution >= 0.6 is 0 Å². The smallest absolute Gasteiger partial charge is 0.334 e. The zero-order valence-corrected chi connectivity index (χ0v) is 18.6. The van der Waals surface area contributed by atoms with E-state index < -0.39 is 77.9 Å². The van der Waals surface area contributed by atoms with Gasteiger partial charge in [-0.05, 0) is 25.7 Å². The van der Waals surface area contributed by atoms with Crippen molar-refractivity contribution in [3.8, 4) is 0 Å². The Morgan fingerprint density at radius 3 is 2.52 bits per heavy atom. The van der Waals surface area contributed by atoms with Crippen LogP contribution in [0, 0.1) is 17.8 Å². The normalized spacial score (nSPS) is 43.2. The molecule has 3 rings (SSSR count). The predicted octanol–water partition coefficient (Wildman–Crippen LogP) is 0.893. The Labute approximate surface area is 181 Å². The van der Waals surface area contributed by atoms with Crippen molar-refractivity contribution in [1.29, 1.82) is 0 Å². The number of epoxide rings is 1. The number of aliphatic hydroxyl groups excluding tert-OH is 2. The molecule has 10 atom stereocenters. The van der Waals surface area contributed by atoms with E-state index in [0.29, 0.717) is 6.42 Å². The summed E-state index contributed by atoms with van der Waals surface area (Å²) in [5.74, 6) is -3.69. The number of ether oxygens (including phenoxy) is 4. The van der Waals surface area contributed by atoms with Crippen molar-refractivity contribution in [1.82, 2.24) is 0 Å². The van der Waals surface area contributed by atoms with Crippen LogP contribution < -0.4 is 0 Å². The summed E-state index contributed by atoms with van der Waals surface area (Å²) in [6.07, 6.45) is -5.51. The van der Waals surface area contributed by atoms with Gasteiger partial charge in [-0.15, -0.1) is 0 Å². The maximum absolute atomic E-state index is 12.7. The Hall–Kier alpha value is -1.97. The summed E-state index contributed by atoms with van der Waals surface area (Å²) >= 11 is 0. The first-order valence-electron chi connectivity index (χ1n) is 10.7. The van der Waals surface area contributed by atoms with E-state index in [1.165, 1.54) is 6.92 Å². The zero-order valence-electron chi connectivity index (χ0n) is 18.6. The maximum atomic E-state index is 12.7. The first kappa shape index (κ1) is 23.7. The van der Waals surface area contributed by atoms with Crippen LogP contribution in [0.5, 0.6) is 0 Å². The molecule has 0 aromatic heterocycles. The lowest BCUT2D eigenvalue weighted by atomic mass is 9.76. The predicted molar refractivity (Wildman–Crippen MR) is 106 cm³/mol. The largest absolute Gasteiger partial charge is 0.458 e. The second kappa shape index (κ2) is 8.52. The summed E-state index contributed by atoms with van der Waals surface area (Å²) in [6, 6.07) is 0. The van der Waals surface area contributed by atoms with E-state index in [2.05, 4.69) is 6.58 Å². The van der Waals surface area contributed by atoms with E-state index in [4.69, 9.17) is 18.9 Å². The summed E-state index contributed by atoms with van der Waals surface area (Å²) in [6.45, 7) is 12.0. The molecule has 0 unspecified atom stereocenters. The topological polar surface area (TPSA) is 132 Å². The Morgan fingerprint density at radius 2 is 1.94 bits per heavy atom. The van der Waals surface area contributed by atoms with Crippen LogP contribution in [0.3, 0.4) is 0 Å². The molecule has 2 heterocycles. The van der Waals surface area contributed by atoms with Gasteiger partial charge in [-0.1, -0.05) is 27.4 Å². The number of carbonyl (C=O) groups excluding carboxylic acids is 3. The van der Waals surface area contributed by atoms with E-state index in [-0.39, 0.29) is 12.0 Å². The molecular formula is C22H32O9. The van der Waals surface area contributed by atoms with E-state index in [1.54, 1.807) is 20.8 Å². The van der Waals surface area contributed by atoms with Gasteiger partial charge >= 0.3 is 17.9 Å². The molecule has 2 aliphatic heterocycles. The minimum atomic E-state index is -1.31. The molecule has 1 saturated carbocycles. The molecule has 9 nitrogen and oxygen atoms in total. The molecule has 31 heavy (non-hydrogen) atoms. The van der Waals surface area contributed by atoms with Crippen LogP contribution in [0.4, 0.5) is 0 Å². The van der Waals surface area contributed by atoms with E-state index >= 15 is 0 Å². The number of carbonyl (C=O) groups is 3. The van der Waals surface area contributed by atoms with Gasteiger partial charge in [0.1, 0.15) is 36.1 Å². The van der Waals surface area contributed by atoms with Gasteiger partial charge in [0.15, 0.2) is 0 Å². The third-order valence-electron chi connectivity index (χ3n) is 6.82. The third kappa shape index (κ3) is 4.23. The van der Waals surface area contributed by atoms with Gasteiger partial charge in [-0.2, -0.15) is 0 Å². The third-order valence-corrected chi connectivity index (χ3v) is 6.82. The molecule has 0 aromatic carbocycles. The average molecular weight is 440 g/mol. The van der Waals surface area contributed by atoms with Crippen LogP contribution in [0.1, 0.15) is 47.5 Å². The van der Waals surface area contributed by atoms with E-state index in [0.717, 1.165) is 0 Å². The highest BCUT2D eigenvalue weighted by molar-refractivity contribution is 5.91. The van der Waals surface area contributed by atoms with Gasteiger partial charge < -0.3 is 29.2 Å². The molecule has 3 aliphatic rings. The SMILES string of the molecule is C=C1C(=O)O[C@@H]2[C@@H]1[C@H](OC(=O)[C@H](C)CC)[C@@H](OC(C)=O)[C@@H](C)C[C@H](O)[C@@H]1O[C@]1(C)[C@H]2O. The lowest BCUT2D eigenvalue weighted by Gasteiger charge is -2.38. The Bertz CT molecular complexity index is 764. The molecule has 0 amide bonds. The minimum Gasteiger partial charge on any atom is -0.458 e. The van der Waals surface area contributed by atoms with Crippen molar-refractivity contribution >= 4 is 17.9 Å². The van der Waals surface area contributed by atoms with Crippen LogP contribution in [-0.2, 0) is 33.3 Å². The monoisotopic (exact) mass is 440 g/mol. The molecule has 0 spiro atoms. The first-order valence-corrected chi connectivity index (χ1v) is 10.7. The number of fused-ring (bicyclic) bond motifs is 2. The molecule has 0 aromatic rings. The van der Waals surface area contributed by atoms with Crippen LogP contribution in [0.25, 0.3) is 0 Å². The highest BCUT2D eigenvalue weighted by atomic mass is 16.6. The van der Waals surface area contributed by atoms with Crippen molar-refractivity contribution < 1.29 is 43.5 Å². The van der Waals surface area contributed by atoms with Gasteiger partial charge in [0.2, 0.25) is 0 Å². The zero-order chi connectivity index (χ0) is 23.2. The van der Waals surface area contributed by atoms with Gasteiger partial charge in [0.25, 0.3) is 0 Å². The molecular weight excluding hydrogens is 408 g/mol. The highest BCUT2D eigenvalue weighted by Crippen LogP contribution is 2.49. The summed E-state index contributed by atoms with van der Waals surface area (Å²) in [7, 11) is 0. The number of aliphatic hydroxyl groups is 2. The average Bonchev–Trinajstić information content (AvgIpc) is 3.32. The summed E-state index contributed by atoms with van der Waals surface area (Å²) in [5.41, 5.74) is -1.11. The fourth-order valence-electron chi connectivity index (χ4n) is 4.62. The number of rotatable bonds is 4. The van der Waals surface area contributed by atoms with E-state index in [9.17, 15) is 24.6 Å². The first-order chi connectivity index (χ1) is 14.4. The Morgan fingerprint density at radius 1 is 1.29 bits per heavy atom. The highest BCUT2D eigenvalue weighted by Gasteiger charge is 2.67. The standard InChI is InChI=1S/C22H32O9/c1-7-9(2)20(26)29-16-14-11(4)21(27)30-17(14)18(25)22(6)19(31-22)13(24)8-10(3)15(16)28-12(5)23/h9-10,13-19,24-25H,4,7-8H2,1-3,5-6H3/t9-,10+,13+,14+,15+,16+,17-,18+,19+,22-/m1/s1. The van der Waals surface area contributed by atoms with Crippen molar-refractivity contribution in [2.75, 3.05) is 0 Å². The molecule has 3 fully saturated rings. The molecule has 1 aliphatic carbocycles. The van der Waals surface area contributed by atoms with Crippen LogP contribution in [-0.4, -0.2) is 70.3 Å². The molecule has 2 N–H and O–H groups in total. The summed E-state index contributed by atoms with van der Waals surface area (Å²) in [4.78, 5) is 37.1. The number of hydrogen-bond donors (Lipinski definition) is 2. The van der Waals surface area contributed by atoms with Crippen molar-refractivity contribution in [2.24, 2.45) is 17.8 Å². The fourth-order valence-corrected chi connectivity index (χ4v) is 4.62. The number of esters is 3. The Kier molecular flexibility index (Phi) is 6.51. The van der Waals surface area contributed by atoms with E-state index in [1.807, 2.05) is 6.92 Å². The van der Waals surface area contributed by atoms with Crippen molar-refractivity contribution in [2.45, 2.75) is 89.7 Å². The second-order valence-corrected chi connectivity index (χ2v) is 9.15. The van der Waals surface area contributed by atoms with Gasteiger partial charge in [0, 0.05) is 12.5 Å². The quantitative estimate of drug-likeness (QED) is 0.283. The maximum Gasteiger partial charge on any atom is 0.334 e. The summed E-state index contributed by atoms with van der Waals surface area (Å²) in [5, 5.41) is 21.7. The molecule has 9 heteroatoms. The van der Waals surface area contributed by atoms with Crippen LogP contribution in [0.15, 0.2) is 12.2 Å². The van der Waals surface area contributed by atoms with Crippen molar-refractivity contribution in [3.63, 3.8) is 0 Å². The van der Waals surface area contributed by atoms with Crippen molar-refractivity contribution in [3.05, 3.63) is 12.2 Å². The molecule has 2 saturated heterocycles.